The zero-order valence-corrected chi connectivity index (χ0v) is 21.2. The molecule has 0 aromatic heterocycles. The molecule has 0 saturated carbocycles. The highest BCUT2D eigenvalue weighted by Crippen LogP contribution is 2.40. The lowest BCUT2D eigenvalue weighted by Gasteiger charge is -2.25. The number of ether oxygens (including phenoxy) is 2. The second kappa shape index (κ2) is 12.5. The van der Waals surface area contributed by atoms with Gasteiger partial charge in [0.15, 0.2) is 0 Å². The van der Waals surface area contributed by atoms with Crippen LogP contribution in [0.25, 0.3) is 0 Å². The van der Waals surface area contributed by atoms with E-state index in [0.717, 1.165) is 12.0 Å². The molecule has 1 saturated heterocycles. The van der Waals surface area contributed by atoms with Crippen LogP contribution >= 0.6 is 23.2 Å². The Kier molecular flexibility index (Phi) is 10.4. The molecule has 1 N–H and O–H groups in total. The highest BCUT2D eigenvalue weighted by atomic mass is 35.5. The number of Topliss-reactive ketones (excluding diaryl/α,β-unsaturated/α-hetero) is 1. The molecule has 2 aliphatic rings. The van der Waals surface area contributed by atoms with E-state index in [2.05, 4.69) is 25.2 Å². The van der Waals surface area contributed by atoms with Gasteiger partial charge in [0.1, 0.15) is 5.60 Å². The van der Waals surface area contributed by atoms with Crippen molar-refractivity contribution >= 4 is 40.9 Å². The first-order chi connectivity index (χ1) is 15.5. The Morgan fingerprint density at radius 1 is 1.21 bits per heavy atom. The largest absolute Gasteiger partial charge is 0.434 e. The second-order valence-electron chi connectivity index (χ2n) is 8.75. The highest BCUT2D eigenvalue weighted by Gasteiger charge is 2.48. The number of carbonyl (C=O) groups excluding carboxylic acids is 3. The maximum absolute atomic E-state index is 12.6. The van der Waals surface area contributed by atoms with Crippen molar-refractivity contribution in [2.75, 3.05) is 0 Å². The molecule has 1 heterocycles. The predicted molar refractivity (Wildman–Crippen MR) is 130 cm³/mol. The first-order valence-corrected chi connectivity index (χ1v) is 12.1. The SMILES string of the molecule is CCCCCCC(C)/C=C(C)/C=C/C(=O)N[C@@H]1CC2(C=C(Cl)C(=O)C(Cl)=C2)O[C@@H]1OC(C)=O. The summed E-state index contributed by atoms with van der Waals surface area (Å²) in [4.78, 5) is 36.0. The van der Waals surface area contributed by atoms with E-state index in [0.29, 0.717) is 5.92 Å². The lowest BCUT2D eigenvalue weighted by Crippen LogP contribution is -2.41. The van der Waals surface area contributed by atoms with Gasteiger partial charge in [-0.05, 0) is 31.4 Å². The van der Waals surface area contributed by atoms with Crippen LogP contribution in [0.4, 0.5) is 0 Å². The number of ketones is 1. The van der Waals surface area contributed by atoms with E-state index < -0.39 is 29.7 Å². The molecule has 0 radical (unpaired) electrons. The second-order valence-corrected chi connectivity index (χ2v) is 9.57. The minimum Gasteiger partial charge on any atom is -0.434 e. The zero-order chi connectivity index (χ0) is 24.6. The summed E-state index contributed by atoms with van der Waals surface area (Å²) in [6.45, 7) is 7.58. The average molecular weight is 498 g/mol. The number of halogens is 2. The molecule has 33 heavy (non-hydrogen) atoms. The van der Waals surface area contributed by atoms with Crippen molar-refractivity contribution < 1.29 is 23.9 Å². The van der Waals surface area contributed by atoms with Gasteiger partial charge >= 0.3 is 5.97 Å². The van der Waals surface area contributed by atoms with Crippen LogP contribution in [0.1, 0.15) is 66.2 Å². The quantitative estimate of drug-likeness (QED) is 0.187. The fourth-order valence-electron chi connectivity index (χ4n) is 4.00. The summed E-state index contributed by atoms with van der Waals surface area (Å²) >= 11 is 12.0. The molecular formula is C25H33Cl2NO5. The first-order valence-electron chi connectivity index (χ1n) is 11.4. The van der Waals surface area contributed by atoms with Gasteiger partial charge < -0.3 is 14.8 Å². The molecule has 0 aromatic carbocycles. The van der Waals surface area contributed by atoms with Crippen LogP contribution in [0.3, 0.4) is 0 Å². The Hall–Kier alpha value is -1.89. The molecule has 1 amide bonds. The molecule has 8 heteroatoms. The summed E-state index contributed by atoms with van der Waals surface area (Å²) < 4.78 is 11.1. The number of hydrogen-bond acceptors (Lipinski definition) is 5. The van der Waals surface area contributed by atoms with Gasteiger partial charge in [0, 0.05) is 19.4 Å². The van der Waals surface area contributed by atoms with Crippen molar-refractivity contribution in [3.05, 3.63) is 46.0 Å². The number of unbranched alkanes of at least 4 members (excludes halogenated alkanes) is 3. The molecule has 182 valence electrons. The van der Waals surface area contributed by atoms with Gasteiger partial charge in [-0.25, -0.2) is 0 Å². The van der Waals surface area contributed by atoms with Crippen molar-refractivity contribution in [2.24, 2.45) is 5.92 Å². The molecule has 2 rings (SSSR count). The predicted octanol–water partition coefficient (Wildman–Crippen LogP) is 5.46. The normalized spacial score (nSPS) is 23.5. The summed E-state index contributed by atoms with van der Waals surface area (Å²) in [7, 11) is 0. The Labute approximate surface area is 206 Å². The summed E-state index contributed by atoms with van der Waals surface area (Å²) in [6, 6.07) is -0.650. The Balaban J connectivity index is 2.02. The van der Waals surface area contributed by atoms with Crippen LogP contribution in [-0.4, -0.2) is 35.6 Å². The van der Waals surface area contributed by atoms with Gasteiger partial charge in [-0.1, -0.05) is 80.5 Å². The lowest BCUT2D eigenvalue weighted by atomic mass is 9.92. The maximum Gasteiger partial charge on any atom is 0.305 e. The van der Waals surface area contributed by atoms with Crippen LogP contribution in [0.2, 0.25) is 0 Å². The van der Waals surface area contributed by atoms with E-state index in [1.165, 1.54) is 50.8 Å². The molecule has 1 aliphatic heterocycles. The van der Waals surface area contributed by atoms with Crippen molar-refractivity contribution in [3.8, 4) is 0 Å². The van der Waals surface area contributed by atoms with Crippen molar-refractivity contribution in [2.45, 2.75) is 84.2 Å². The van der Waals surface area contributed by atoms with E-state index in [1.807, 2.05) is 6.92 Å². The fraction of sp³-hybridized carbons (Fsp3) is 0.560. The van der Waals surface area contributed by atoms with Gasteiger partial charge in [0.05, 0.1) is 16.1 Å². The molecular weight excluding hydrogens is 465 g/mol. The van der Waals surface area contributed by atoms with Gasteiger partial charge in [0.2, 0.25) is 18.0 Å². The lowest BCUT2D eigenvalue weighted by molar-refractivity contribution is -0.179. The van der Waals surface area contributed by atoms with E-state index in [9.17, 15) is 14.4 Å². The Morgan fingerprint density at radius 2 is 1.88 bits per heavy atom. The van der Waals surface area contributed by atoms with E-state index in [-0.39, 0.29) is 22.4 Å². The molecule has 1 spiro atoms. The first kappa shape index (κ1) is 27.4. The van der Waals surface area contributed by atoms with Crippen LogP contribution in [0.15, 0.2) is 46.0 Å². The molecule has 1 fully saturated rings. The Bertz CT molecular complexity index is 852. The number of hydrogen-bond donors (Lipinski definition) is 1. The van der Waals surface area contributed by atoms with Crippen LogP contribution in [0.5, 0.6) is 0 Å². The summed E-state index contributed by atoms with van der Waals surface area (Å²) in [6.07, 6.45) is 13.4. The third kappa shape index (κ3) is 8.43. The molecule has 1 aliphatic carbocycles. The average Bonchev–Trinajstić information content (AvgIpc) is 3.03. The number of allylic oxidation sites excluding steroid dienone is 5. The fourth-order valence-corrected chi connectivity index (χ4v) is 4.62. The summed E-state index contributed by atoms with van der Waals surface area (Å²) in [5, 5.41) is 2.65. The third-order valence-corrected chi connectivity index (χ3v) is 6.11. The van der Waals surface area contributed by atoms with Gasteiger partial charge in [-0.3, -0.25) is 14.4 Å². The molecule has 1 unspecified atom stereocenters. The van der Waals surface area contributed by atoms with Gasteiger partial charge in [0.25, 0.3) is 0 Å². The van der Waals surface area contributed by atoms with Crippen LogP contribution in [-0.2, 0) is 23.9 Å². The third-order valence-electron chi connectivity index (χ3n) is 5.55. The van der Waals surface area contributed by atoms with Crippen LogP contribution in [0, 0.1) is 5.92 Å². The van der Waals surface area contributed by atoms with E-state index in [4.69, 9.17) is 32.7 Å². The van der Waals surface area contributed by atoms with E-state index >= 15 is 0 Å². The standard InChI is InChI=1S/C25H33Cl2NO5/c1-5-6-7-8-9-16(2)12-17(3)10-11-22(30)28-21-15-25(33-24(21)32-18(4)29)13-19(26)23(31)20(27)14-25/h10-14,16,21,24H,5-9,15H2,1-4H3,(H,28,30)/b11-10+,17-12+/t16?,21-,24+/m1/s1. The molecule has 0 bridgehead atoms. The molecule has 0 aromatic rings. The number of carbonyl (C=O) groups is 3. The number of nitrogens with one attached hydrogen (secondary N) is 1. The minimum atomic E-state index is -1.15. The summed E-state index contributed by atoms with van der Waals surface area (Å²) in [5.74, 6) is -0.976. The number of rotatable bonds is 10. The number of esters is 1. The topological polar surface area (TPSA) is 81.7 Å². The number of amides is 1. The monoisotopic (exact) mass is 497 g/mol. The van der Waals surface area contributed by atoms with Gasteiger partial charge in [-0.15, -0.1) is 0 Å². The van der Waals surface area contributed by atoms with E-state index in [1.54, 1.807) is 6.08 Å². The smallest absolute Gasteiger partial charge is 0.305 e. The highest BCUT2D eigenvalue weighted by molar-refractivity contribution is 6.55. The maximum atomic E-state index is 12.6. The van der Waals surface area contributed by atoms with Crippen LogP contribution < -0.4 is 5.32 Å². The molecule has 6 nitrogen and oxygen atoms in total. The van der Waals surface area contributed by atoms with Crippen molar-refractivity contribution in [1.29, 1.82) is 0 Å². The summed E-state index contributed by atoms with van der Waals surface area (Å²) in [5.41, 5.74) is -0.147. The Morgan fingerprint density at radius 3 is 2.48 bits per heavy atom. The molecule has 3 atom stereocenters. The van der Waals surface area contributed by atoms with Crippen molar-refractivity contribution in [3.63, 3.8) is 0 Å². The van der Waals surface area contributed by atoms with Crippen molar-refractivity contribution in [1.82, 2.24) is 5.32 Å². The zero-order valence-electron chi connectivity index (χ0n) is 19.7. The minimum absolute atomic E-state index is 0.0828. The van der Waals surface area contributed by atoms with Gasteiger partial charge in [-0.2, -0.15) is 0 Å².